The Morgan fingerprint density at radius 3 is 2.69 bits per heavy atom. The first-order valence-corrected chi connectivity index (χ1v) is 4.65. The topological polar surface area (TPSA) is 118 Å². The zero-order valence-corrected chi connectivity index (χ0v) is 8.38. The normalized spacial score (nSPS) is 10.3. The van der Waals surface area contributed by atoms with Crippen molar-refractivity contribution in [1.29, 1.82) is 0 Å². The zero-order chi connectivity index (χ0) is 12.1. The van der Waals surface area contributed by atoms with Crippen molar-refractivity contribution in [3.05, 3.63) is 37.1 Å². The summed E-state index contributed by atoms with van der Waals surface area (Å²) in [6, 6.07) is 0. The third kappa shape index (κ3) is 2.76. The molecule has 0 saturated heterocycles. The van der Waals surface area contributed by atoms with Gasteiger partial charge < -0.3 is 5.11 Å². The summed E-state index contributed by atoms with van der Waals surface area (Å²) < 4.78 is 1.05. The average molecular weight is 229 g/mol. The summed E-state index contributed by atoms with van der Waals surface area (Å²) in [6.07, 6.45) is 1.90. The molecule has 0 bridgehead atoms. The standard InChI is InChI=1S/C8H11N3O5/c12-4-2-1-3-10-5-6(11(15)16)7(13)9-8(10)14/h5,12H,1-4H2,(H,9,13,14). The molecule has 0 spiro atoms. The fourth-order valence-corrected chi connectivity index (χ4v) is 1.19. The predicted octanol–water partition coefficient (Wildman–Crippen LogP) is -0.783. The molecule has 2 N–H and O–H groups in total. The molecular formula is C8H11N3O5. The van der Waals surface area contributed by atoms with E-state index >= 15 is 0 Å². The highest BCUT2D eigenvalue weighted by Gasteiger charge is 2.14. The summed E-state index contributed by atoms with van der Waals surface area (Å²) in [5.41, 5.74) is -2.36. The third-order valence-electron chi connectivity index (χ3n) is 2.00. The van der Waals surface area contributed by atoms with Crippen LogP contribution in [0.2, 0.25) is 0 Å². The fourth-order valence-electron chi connectivity index (χ4n) is 1.19. The van der Waals surface area contributed by atoms with Crippen LogP contribution in [0.4, 0.5) is 5.69 Å². The molecule has 0 aliphatic carbocycles. The van der Waals surface area contributed by atoms with Crippen molar-refractivity contribution in [2.24, 2.45) is 0 Å². The van der Waals surface area contributed by atoms with E-state index in [2.05, 4.69) is 0 Å². The van der Waals surface area contributed by atoms with Crippen molar-refractivity contribution < 1.29 is 10.0 Å². The van der Waals surface area contributed by atoms with E-state index in [-0.39, 0.29) is 13.2 Å². The van der Waals surface area contributed by atoms with Gasteiger partial charge in [0.15, 0.2) is 0 Å². The summed E-state index contributed by atoms with van der Waals surface area (Å²) in [5.74, 6) is 0. The third-order valence-corrected chi connectivity index (χ3v) is 2.00. The Morgan fingerprint density at radius 1 is 1.44 bits per heavy atom. The number of nitrogens with zero attached hydrogens (tertiary/aromatic N) is 2. The summed E-state index contributed by atoms with van der Waals surface area (Å²) in [7, 11) is 0. The van der Waals surface area contributed by atoms with Gasteiger partial charge in [0.2, 0.25) is 0 Å². The van der Waals surface area contributed by atoms with Crippen LogP contribution in [-0.4, -0.2) is 26.2 Å². The Morgan fingerprint density at radius 2 is 2.12 bits per heavy atom. The second-order valence-corrected chi connectivity index (χ2v) is 3.15. The molecule has 1 aromatic rings. The van der Waals surface area contributed by atoms with E-state index in [4.69, 9.17) is 5.11 Å². The van der Waals surface area contributed by atoms with Gasteiger partial charge >= 0.3 is 16.9 Å². The SMILES string of the molecule is O=c1[nH]c(=O)n(CCCCO)cc1[N+](=O)[O-]. The van der Waals surface area contributed by atoms with Crippen molar-refractivity contribution in [1.82, 2.24) is 9.55 Å². The van der Waals surface area contributed by atoms with E-state index in [1.165, 1.54) is 0 Å². The van der Waals surface area contributed by atoms with Gasteiger partial charge in [-0.3, -0.25) is 24.5 Å². The number of nitrogens with one attached hydrogen (secondary N) is 1. The van der Waals surface area contributed by atoms with Crippen LogP contribution in [0.3, 0.4) is 0 Å². The minimum atomic E-state index is -1.01. The number of hydrogen-bond donors (Lipinski definition) is 2. The molecule has 0 radical (unpaired) electrons. The number of aromatic nitrogens is 2. The Labute approximate surface area is 89.3 Å². The van der Waals surface area contributed by atoms with Crippen molar-refractivity contribution in [2.45, 2.75) is 19.4 Å². The van der Waals surface area contributed by atoms with E-state index in [9.17, 15) is 19.7 Å². The van der Waals surface area contributed by atoms with E-state index in [1.807, 2.05) is 4.98 Å². The number of rotatable bonds is 5. The quantitative estimate of drug-likeness (QED) is 0.390. The lowest BCUT2D eigenvalue weighted by molar-refractivity contribution is -0.386. The van der Waals surface area contributed by atoms with Crippen LogP contribution in [0.25, 0.3) is 0 Å². The Kier molecular flexibility index (Phi) is 3.95. The molecule has 1 aromatic heterocycles. The van der Waals surface area contributed by atoms with Crippen LogP contribution in [0.5, 0.6) is 0 Å². The van der Waals surface area contributed by atoms with Crippen LogP contribution < -0.4 is 11.2 Å². The summed E-state index contributed by atoms with van der Waals surface area (Å²) in [5, 5.41) is 19.0. The molecular weight excluding hydrogens is 218 g/mol. The number of aromatic amines is 1. The number of aliphatic hydroxyl groups excluding tert-OH is 1. The maximum absolute atomic E-state index is 11.2. The van der Waals surface area contributed by atoms with Gasteiger partial charge in [0.1, 0.15) is 0 Å². The van der Waals surface area contributed by atoms with Crippen molar-refractivity contribution in [2.75, 3.05) is 6.61 Å². The number of nitro groups is 1. The maximum Gasteiger partial charge on any atom is 0.350 e. The van der Waals surface area contributed by atoms with E-state index in [1.54, 1.807) is 0 Å². The molecule has 0 amide bonds. The summed E-state index contributed by atoms with van der Waals surface area (Å²) in [6.45, 7) is 0.206. The lowest BCUT2D eigenvalue weighted by Gasteiger charge is -2.02. The van der Waals surface area contributed by atoms with E-state index < -0.39 is 21.9 Å². The van der Waals surface area contributed by atoms with E-state index in [0.29, 0.717) is 12.8 Å². The summed E-state index contributed by atoms with van der Waals surface area (Å²) >= 11 is 0. The highest BCUT2D eigenvalue weighted by Crippen LogP contribution is 2.00. The van der Waals surface area contributed by atoms with Gasteiger partial charge in [-0.05, 0) is 12.8 Å². The molecule has 0 aromatic carbocycles. The number of hydrogen-bond acceptors (Lipinski definition) is 5. The molecule has 0 atom stereocenters. The van der Waals surface area contributed by atoms with E-state index in [0.717, 1.165) is 10.8 Å². The van der Waals surface area contributed by atoms with Gasteiger partial charge in [-0.2, -0.15) is 0 Å². The highest BCUT2D eigenvalue weighted by atomic mass is 16.6. The highest BCUT2D eigenvalue weighted by molar-refractivity contribution is 5.20. The molecule has 1 rings (SSSR count). The zero-order valence-electron chi connectivity index (χ0n) is 8.38. The van der Waals surface area contributed by atoms with Gasteiger partial charge in [-0.15, -0.1) is 0 Å². The molecule has 16 heavy (non-hydrogen) atoms. The Balaban J connectivity index is 3.01. The predicted molar refractivity (Wildman–Crippen MR) is 54.3 cm³/mol. The van der Waals surface area contributed by atoms with Gasteiger partial charge in [-0.1, -0.05) is 0 Å². The van der Waals surface area contributed by atoms with Crippen LogP contribution in [0, 0.1) is 10.1 Å². The minimum Gasteiger partial charge on any atom is -0.396 e. The number of H-pyrrole nitrogens is 1. The Hall–Kier alpha value is -1.96. The fraction of sp³-hybridized carbons (Fsp3) is 0.500. The Bertz CT molecular complexity index is 489. The number of unbranched alkanes of at least 4 members (excludes halogenated alkanes) is 1. The molecule has 0 aliphatic rings. The largest absolute Gasteiger partial charge is 0.396 e. The van der Waals surface area contributed by atoms with Crippen LogP contribution >= 0.6 is 0 Å². The van der Waals surface area contributed by atoms with Crippen LogP contribution in [0.1, 0.15) is 12.8 Å². The second kappa shape index (κ2) is 5.21. The number of aryl methyl sites for hydroxylation is 1. The smallest absolute Gasteiger partial charge is 0.350 e. The first-order valence-electron chi connectivity index (χ1n) is 4.65. The maximum atomic E-state index is 11.2. The molecule has 8 heteroatoms. The van der Waals surface area contributed by atoms with Crippen LogP contribution in [0.15, 0.2) is 15.8 Å². The molecule has 0 unspecified atom stereocenters. The first kappa shape index (κ1) is 12.1. The minimum absolute atomic E-state index is 0.0137. The van der Waals surface area contributed by atoms with Gasteiger partial charge in [-0.25, -0.2) is 4.79 Å². The van der Waals surface area contributed by atoms with Gasteiger partial charge in [0.05, 0.1) is 11.1 Å². The molecule has 0 saturated carbocycles. The van der Waals surface area contributed by atoms with Crippen molar-refractivity contribution in [3.8, 4) is 0 Å². The van der Waals surface area contributed by atoms with Gasteiger partial charge in [0.25, 0.3) is 0 Å². The molecule has 8 nitrogen and oxygen atoms in total. The van der Waals surface area contributed by atoms with Crippen molar-refractivity contribution >= 4 is 5.69 Å². The van der Waals surface area contributed by atoms with Gasteiger partial charge in [0, 0.05) is 13.2 Å². The van der Waals surface area contributed by atoms with Crippen LogP contribution in [-0.2, 0) is 6.54 Å². The lowest BCUT2D eigenvalue weighted by Crippen LogP contribution is -2.30. The molecule has 1 heterocycles. The summed E-state index contributed by atoms with van der Waals surface area (Å²) in [4.78, 5) is 33.7. The second-order valence-electron chi connectivity index (χ2n) is 3.15. The monoisotopic (exact) mass is 229 g/mol. The molecule has 88 valence electrons. The molecule has 0 fully saturated rings. The number of aliphatic hydroxyl groups is 1. The molecule has 0 aliphatic heterocycles. The first-order chi connectivity index (χ1) is 7.56. The van der Waals surface area contributed by atoms with Crippen molar-refractivity contribution in [3.63, 3.8) is 0 Å². The lowest BCUT2D eigenvalue weighted by atomic mass is 10.3. The average Bonchev–Trinajstić information content (AvgIpc) is 2.21.